The van der Waals surface area contributed by atoms with E-state index in [9.17, 15) is 9.90 Å². The van der Waals surface area contributed by atoms with Crippen LogP contribution in [0.2, 0.25) is 0 Å². The Hall–Kier alpha value is -2.49. The number of ether oxygens (including phenoxy) is 2. The molecule has 1 aliphatic heterocycles. The molecular weight excluding hydrogens is 316 g/mol. The number of methoxy groups -OCH3 is 1. The molecule has 0 unspecified atom stereocenters. The van der Waals surface area contributed by atoms with Crippen molar-refractivity contribution in [1.29, 1.82) is 0 Å². The number of hydrogen-bond donors (Lipinski definition) is 1. The van der Waals surface area contributed by atoms with Crippen LogP contribution in [0.3, 0.4) is 0 Å². The number of carbonyl (C=O) groups excluding carboxylic acids is 1. The average molecular weight is 338 g/mol. The summed E-state index contributed by atoms with van der Waals surface area (Å²) >= 11 is 0. The van der Waals surface area contributed by atoms with Crippen LogP contribution in [-0.2, 0) is 16.0 Å². The van der Waals surface area contributed by atoms with E-state index < -0.39 is 0 Å². The van der Waals surface area contributed by atoms with Crippen molar-refractivity contribution in [3.05, 3.63) is 58.1 Å². The summed E-state index contributed by atoms with van der Waals surface area (Å²) in [7, 11) is 1.54. The normalized spacial score (nSPS) is 24.4. The Bertz CT molecular complexity index is 855. The van der Waals surface area contributed by atoms with Gasteiger partial charge in [-0.05, 0) is 60.2 Å². The van der Waals surface area contributed by atoms with Gasteiger partial charge in [0.15, 0.2) is 11.5 Å². The third-order valence-electron chi connectivity index (χ3n) is 5.71. The summed E-state index contributed by atoms with van der Waals surface area (Å²) in [6.45, 7) is 4.71. The standard InChI is InChI=1S/C21H22O4/c1-11-6-14-8-15-10-25-21(23)20(15)19(16(14)7-12(11)2)13-4-5-17(22)18(9-13)24-3/h4-7,9,15,19-20,22H,8,10H2,1-3H3/t15-,19+,20-/m1/s1. The fourth-order valence-corrected chi connectivity index (χ4v) is 4.29. The molecule has 1 fully saturated rings. The Morgan fingerprint density at radius 2 is 1.92 bits per heavy atom. The first-order chi connectivity index (χ1) is 12.0. The van der Waals surface area contributed by atoms with Gasteiger partial charge in [0.2, 0.25) is 0 Å². The first-order valence-electron chi connectivity index (χ1n) is 8.63. The minimum absolute atomic E-state index is 0.0717. The summed E-state index contributed by atoms with van der Waals surface area (Å²) < 4.78 is 10.7. The van der Waals surface area contributed by atoms with Gasteiger partial charge in [-0.3, -0.25) is 4.79 Å². The van der Waals surface area contributed by atoms with Gasteiger partial charge < -0.3 is 14.6 Å². The molecule has 1 saturated heterocycles. The zero-order valence-electron chi connectivity index (χ0n) is 14.7. The fraction of sp³-hybridized carbons (Fsp3) is 0.381. The number of rotatable bonds is 2. The minimum Gasteiger partial charge on any atom is -0.504 e. The van der Waals surface area contributed by atoms with Crippen LogP contribution in [0.1, 0.15) is 33.7 Å². The highest BCUT2D eigenvalue weighted by atomic mass is 16.5. The lowest BCUT2D eigenvalue weighted by molar-refractivity contribution is -0.141. The Kier molecular flexibility index (Phi) is 3.71. The molecule has 2 aromatic rings. The molecule has 2 aliphatic rings. The van der Waals surface area contributed by atoms with E-state index in [1.807, 2.05) is 12.1 Å². The highest BCUT2D eigenvalue weighted by molar-refractivity contribution is 5.78. The van der Waals surface area contributed by atoms with Gasteiger partial charge in [-0.1, -0.05) is 18.2 Å². The van der Waals surface area contributed by atoms with Gasteiger partial charge in [0.05, 0.1) is 19.6 Å². The molecule has 1 heterocycles. The van der Waals surface area contributed by atoms with Crippen molar-refractivity contribution >= 4 is 5.97 Å². The van der Waals surface area contributed by atoms with E-state index in [1.165, 1.54) is 29.4 Å². The number of esters is 1. The maximum Gasteiger partial charge on any atom is 0.310 e. The summed E-state index contributed by atoms with van der Waals surface area (Å²) in [6.07, 6.45) is 0.874. The van der Waals surface area contributed by atoms with Crippen molar-refractivity contribution in [3.8, 4) is 11.5 Å². The number of phenolic OH excluding ortho intramolecular Hbond substituents is 1. The van der Waals surface area contributed by atoms with E-state index >= 15 is 0 Å². The molecule has 130 valence electrons. The second kappa shape index (κ2) is 5.80. The lowest BCUT2D eigenvalue weighted by Gasteiger charge is -2.34. The van der Waals surface area contributed by atoms with E-state index in [1.54, 1.807) is 6.07 Å². The van der Waals surface area contributed by atoms with Crippen LogP contribution in [0.5, 0.6) is 11.5 Å². The van der Waals surface area contributed by atoms with Crippen molar-refractivity contribution < 1.29 is 19.4 Å². The summed E-state index contributed by atoms with van der Waals surface area (Å²) in [5.41, 5.74) is 5.95. The van der Waals surface area contributed by atoms with Crippen molar-refractivity contribution in [2.24, 2.45) is 11.8 Å². The largest absolute Gasteiger partial charge is 0.504 e. The second-order valence-electron chi connectivity index (χ2n) is 7.16. The first kappa shape index (κ1) is 16.0. The Morgan fingerprint density at radius 1 is 1.16 bits per heavy atom. The Morgan fingerprint density at radius 3 is 2.68 bits per heavy atom. The van der Waals surface area contributed by atoms with Crippen LogP contribution in [0.25, 0.3) is 0 Å². The predicted molar refractivity (Wildman–Crippen MR) is 94.1 cm³/mol. The number of carbonyl (C=O) groups is 1. The minimum atomic E-state index is -0.177. The van der Waals surface area contributed by atoms with Crippen LogP contribution in [0.15, 0.2) is 30.3 Å². The fourth-order valence-electron chi connectivity index (χ4n) is 4.29. The summed E-state index contributed by atoms with van der Waals surface area (Å²) in [5, 5.41) is 9.93. The van der Waals surface area contributed by atoms with Gasteiger partial charge in [0.1, 0.15) is 0 Å². The lowest BCUT2D eigenvalue weighted by Crippen LogP contribution is -2.31. The van der Waals surface area contributed by atoms with E-state index in [0.717, 1.165) is 12.0 Å². The third-order valence-corrected chi connectivity index (χ3v) is 5.71. The molecule has 0 spiro atoms. The van der Waals surface area contributed by atoms with Crippen LogP contribution in [0.4, 0.5) is 0 Å². The van der Waals surface area contributed by atoms with Crippen LogP contribution in [0, 0.1) is 25.7 Å². The highest BCUT2D eigenvalue weighted by Gasteiger charge is 2.47. The topological polar surface area (TPSA) is 55.8 Å². The first-order valence-corrected chi connectivity index (χ1v) is 8.63. The molecule has 0 saturated carbocycles. The molecule has 0 amide bonds. The predicted octanol–water partition coefficient (Wildman–Crippen LogP) is 3.49. The number of cyclic esters (lactones) is 1. The average Bonchev–Trinajstić information content (AvgIpc) is 2.96. The molecule has 2 aromatic carbocycles. The molecule has 0 bridgehead atoms. The third kappa shape index (κ3) is 2.48. The number of phenols is 1. The number of fused-ring (bicyclic) bond motifs is 2. The van der Waals surface area contributed by atoms with Gasteiger partial charge in [0, 0.05) is 11.8 Å². The van der Waals surface area contributed by atoms with E-state index in [0.29, 0.717) is 12.4 Å². The number of benzene rings is 2. The highest BCUT2D eigenvalue weighted by Crippen LogP contribution is 2.48. The van der Waals surface area contributed by atoms with Crippen molar-refractivity contribution in [1.82, 2.24) is 0 Å². The number of hydrogen-bond acceptors (Lipinski definition) is 4. The van der Waals surface area contributed by atoms with Crippen LogP contribution < -0.4 is 4.74 Å². The van der Waals surface area contributed by atoms with Crippen LogP contribution >= 0.6 is 0 Å². The molecule has 3 atom stereocenters. The molecule has 0 aromatic heterocycles. The maximum absolute atomic E-state index is 12.5. The number of aryl methyl sites for hydroxylation is 2. The SMILES string of the molecule is COc1cc([C@H]2c3cc(C)c(C)cc3C[C@@H]3COC(=O)[C@H]32)ccc1O. The second-order valence-corrected chi connectivity index (χ2v) is 7.16. The molecule has 4 heteroatoms. The summed E-state index contributed by atoms with van der Waals surface area (Å²) in [4.78, 5) is 12.5. The molecule has 25 heavy (non-hydrogen) atoms. The van der Waals surface area contributed by atoms with E-state index in [-0.39, 0.29) is 29.5 Å². The quantitative estimate of drug-likeness (QED) is 0.852. The van der Waals surface area contributed by atoms with E-state index in [4.69, 9.17) is 9.47 Å². The molecule has 0 radical (unpaired) electrons. The van der Waals surface area contributed by atoms with Gasteiger partial charge in [-0.15, -0.1) is 0 Å². The molecule has 1 N–H and O–H groups in total. The van der Waals surface area contributed by atoms with Crippen LogP contribution in [-0.4, -0.2) is 24.8 Å². The van der Waals surface area contributed by atoms with Crippen molar-refractivity contribution in [2.45, 2.75) is 26.2 Å². The van der Waals surface area contributed by atoms with Gasteiger partial charge in [-0.2, -0.15) is 0 Å². The molecule has 4 nitrogen and oxygen atoms in total. The van der Waals surface area contributed by atoms with Crippen molar-refractivity contribution in [3.63, 3.8) is 0 Å². The Balaban J connectivity index is 1.91. The monoisotopic (exact) mass is 338 g/mol. The van der Waals surface area contributed by atoms with E-state index in [2.05, 4.69) is 26.0 Å². The summed E-state index contributed by atoms with van der Waals surface area (Å²) in [5.74, 6) is 0.364. The van der Waals surface area contributed by atoms with Gasteiger partial charge >= 0.3 is 5.97 Å². The lowest BCUT2D eigenvalue weighted by atomic mass is 9.67. The van der Waals surface area contributed by atoms with Gasteiger partial charge in [0.25, 0.3) is 0 Å². The molecule has 1 aliphatic carbocycles. The smallest absolute Gasteiger partial charge is 0.310 e. The zero-order chi connectivity index (χ0) is 17.7. The van der Waals surface area contributed by atoms with Gasteiger partial charge in [-0.25, -0.2) is 0 Å². The zero-order valence-corrected chi connectivity index (χ0v) is 14.7. The molecule has 4 rings (SSSR count). The molecular formula is C21H22O4. The Labute approximate surface area is 147 Å². The number of aromatic hydroxyl groups is 1. The van der Waals surface area contributed by atoms with Crippen molar-refractivity contribution in [2.75, 3.05) is 13.7 Å². The maximum atomic E-state index is 12.5. The summed E-state index contributed by atoms with van der Waals surface area (Å²) in [6, 6.07) is 9.81.